The number of anilines is 3. The fraction of sp³-hybridized carbons (Fsp3) is 0.140. The van der Waals surface area contributed by atoms with Crippen molar-refractivity contribution in [1.29, 1.82) is 0 Å². The Kier molecular flexibility index (Phi) is 5.59. The smallest absolute Gasteiger partial charge is 0.124 e. The second-order valence-electron chi connectivity index (χ2n) is 13.7. The molecule has 9 rings (SSSR count). The zero-order valence-corrected chi connectivity index (χ0v) is 26.6. The van der Waals surface area contributed by atoms with Gasteiger partial charge in [0.2, 0.25) is 0 Å². The minimum Gasteiger partial charge on any atom is -0.310 e. The number of para-hydroxylation sites is 1. The summed E-state index contributed by atoms with van der Waals surface area (Å²) < 4.78 is 2.35. The first-order chi connectivity index (χ1) is 22.3. The molecule has 7 aromatic rings. The van der Waals surface area contributed by atoms with Crippen LogP contribution in [-0.4, -0.2) is 9.55 Å². The minimum atomic E-state index is -0.168. The highest BCUT2D eigenvalue weighted by molar-refractivity contribution is 5.96. The molecular formula is C43H35N3. The van der Waals surface area contributed by atoms with E-state index in [2.05, 4.69) is 177 Å². The monoisotopic (exact) mass is 593 g/mol. The Labute approximate surface area is 270 Å². The molecule has 0 saturated heterocycles. The highest BCUT2D eigenvalue weighted by Gasteiger charge is 2.40. The Morgan fingerprint density at radius 3 is 2.00 bits per heavy atom. The molecule has 0 radical (unpaired) electrons. The fourth-order valence-corrected chi connectivity index (χ4v) is 7.97. The minimum absolute atomic E-state index is 0.0849. The molecule has 46 heavy (non-hydrogen) atoms. The summed E-state index contributed by atoms with van der Waals surface area (Å²) >= 11 is 0. The number of hydrogen-bond donors (Lipinski definition) is 0. The van der Waals surface area contributed by atoms with Crippen molar-refractivity contribution in [3.05, 3.63) is 162 Å². The van der Waals surface area contributed by atoms with E-state index in [4.69, 9.17) is 4.98 Å². The number of imidazole rings is 1. The maximum atomic E-state index is 5.31. The number of rotatable bonds is 4. The van der Waals surface area contributed by atoms with Gasteiger partial charge in [0.25, 0.3) is 0 Å². The molecule has 1 aromatic heterocycles. The third-order valence-corrected chi connectivity index (χ3v) is 10.3. The highest BCUT2D eigenvalue weighted by Crippen LogP contribution is 2.54. The van der Waals surface area contributed by atoms with Crippen LogP contribution in [-0.2, 0) is 10.8 Å². The van der Waals surface area contributed by atoms with Crippen molar-refractivity contribution in [2.75, 3.05) is 4.90 Å². The molecule has 0 fully saturated rings. The molecule has 6 aromatic carbocycles. The average molecular weight is 594 g/mol. The molecule has 222 valence electrons. The lowest BCUT2D eigenvalue weighted by molar-refractivity contribution is 0.621. The van der Waals surface area contributed by atoms with Crippen molar-refractivity contribution in [1.82, 2.24) is 9.55 Å². The molecule has 2 heterocycles. The van der Waals surface area contributed by atoms with Crippen LogP contribution >= 0.6 is 0 Å². The molecule has 0 saturated carbocycles. The Balaban J connectivity index is 1.26. The van der Waals surface area contributed by atoms with Crippen LogP contribution in [0.4, 0.5) is 17.1 Å². The van der Waals surface area contributed by atoms with Crippen molar-refractivity contribution in [2.45, 2.75) is 38.5 Å². The average Bonchev–Trinajstić information content (AvgIpc) is 3.66. The van der Waals surface area contributed by atoms with E-state index in [1.54, 1.807) is 0 Å². The van der Waals surface area contributed by atoms with Crippen LogP contribution in [0.5, 0.6) is 0 Å². The lowest BCUT2D eigenvalue weighted by Crippen LogP contribution is -2.16. The van der Waals surface area contributed by atoms with Gasteiger partial charge < -0.3 is 4.90 Å². The molecule has 1 aliphatic carbocycles. The van der Waals surface area contributed by atoms with E-state index in [1.807, 2.05) is 0 Å². The normalized spacial score (nSPS) is 14.9. The number of benzene rings is 6. The maximum Gasteiger partial charge on any atom is 0.124 e. The zero-order chi connectivity index (χ0) is 31.2. The third kappa shape index (κ3) is 3.69. The van der Waals surface area contributed by atoms with Gasteiger partial charge in [0.15, 0.2) is 0 Å². The van der Waals surface area contributed by atoms with E-state index in [0.29, 0.717) is 0 Å². The van der Waals surface area contributed by atoms with Gasteiger partial charge in [-0.1, -0.05) is 111 Å². The standard InChI is InChI=1S/C43H35N3/c1-42(2)33-16-9-8-15-32(33)40-35(42)18-12-20-39(40)45(30-23-21-29(22-24-30)28-13-6-5-7-14-28)31-25-26-38-36(27-31)44-41-43(3,4)34-17-10-11-19-37(34)46(38)41/h5-27H,1-4H3. The molecular weight excluding hydrogens is 558 g/mol. The van der Waals surface area contributed by atoms with Gasteiger partial charge in [-0.05, 0) is 89.7 Å². The lowest BCUT2D eigenvalue weighted by Gasteiger charge is -2.29. The molecule has 1 aliphatic heterocycles. The Morgan fingerprint density at radius 1 is 0.543 bits per heavy atom. The van der Waals surface area contributed by atoms with Crippen LogP contribution in [0, 0.1) is 0 Å². The van der Waals surface area contributed by atoms with Crippen LogP contribution in [0.2, 0.25) is 0 Å². The molecule has 0 atom stereocenters. The van der Waals surface area contributed by atoms with Crippen LogP contribution in [0.25, 0.3) is 39.0 Å². The van der Waals surface area contributed by atoms with E-state index in [-0.39, 0.29) is 10.8 Å². The topological polar surface area (TPSA) is 21.1 Å². The van der Waals surface area contributed by atoms with Gasteiger partial charge in [0.05, 0.1) is 27.8 Å². The fourth-order valence-electron chi connectivity index (χ4n) is 7.97. The van der Waals surface area contributed by atoms with Crippen molar-refractivity contribution in [3.63, 3.8) is 0 Å². The Hall–Kier alpha value is -5.41. The maximum absolute atomic E-state index is 5.31. The zero-order valence-electron chi connectivity index (χ0n) is 26.6. The van der Waals surface area contributed by atoms with Crippen molar-refractivity contribution in [3.8, 4) is 27.9 Å². The number of hydrogen-bond acceptors (Lipinski definition) is 2. The summed E-state index contributed by atoms with van der Waals surface area (Å²) in [5.74, 6) is 1.09. The number of nitrogens with zero attached hydrogens (tertiary/aromatic N) is 3. The predicted octanol–water partition coefficient (Wildman–Crippen LogP) is 11.1. The van der Waals surface area contributed by atoms with Gasteiger partial charge in [-0.15, -0.1) is 0 Å². The van der Waals surface area contributed by atoms with Crippen molar-refractivity contribution in [2.24, 2.45) is 0 Å². The van der Waals surface area contributed by atoms with Gasteiger partial charge in [-0.2, -0.15) is 0 Å². The van der Waals surface area contributed by atoms with Gasteiger partial charge in [0.1, 0.15) is 5.82 Å². The summed E-state index contributed by atoms with van der Waals surface area (Å²) in [4.78, 5) is 7.74. The first-order valence-corrected chi connectivity index (χ1v) is 16.2. The Bertz CT molecular complexity index is 2310. The molecule has 3 heteroatoms. The van der Waals surface area contributed by atoms with Gasteiger partial charge in [-0.25, -0.2) is 4.98 Å². The lowest BCUT2D eigenvalue weighted by atomic mass is 9.82. The summed E-state index contributed by atoms with van der Waals surface area (Å²) in [5, 5.41) is 0. The quantitative estimate of drug-likeness (QED) is 0.202. The molecule has 0 bridgehead atoms. The van der Waals surface area contributed by atoms with E-state index in [1.165, 1.54) is 50.3 Å². The van der Waals surface area contributed by atoms with E-state index in [0.717, 1.165) is 28.2 Å². The van der Waals surface area contributed by atoms with Crippen molar-refractivity contribution >= 4 is 28.1 Å². The van der Waals surface area contributed by atoms with Gasteiger partial charge in [0, 0.05) is 22.4 Å². The third-order valence-electron chi connectivity index (χ3n) is 10.3. The van der Waals surface area contributed by atoms with E-state index >= 15 is 0 Å². The summed E-state index contributed by atoms with van der Waals surface area (Å²) in [5.41, 5.74) is 15.6. The molecule has 2 aliphatic rings. The van der Waals surface area contributed by atoms with Crippen molar-refractivity contribution < 1.29 is 0 Å². The van der Waals surface area contributed by atoms with Gasteiger partial charge in [-0.3, -0.25) is 4.57 Å². The number of fused-ring (bicyclic) bond motifs is 8. The second kappa shape index (κ2) is 9.55. The number of aromatic nitrogens is 2. The predicted molar refractivity (Wildman–Crippen MR) is 191 cm³/mol. The van der Waals surface area contributed by atoms with E-state index in [9.17, 15) is 0 Å². The second-order valence-corrected chi connectivity index (χ2v) is 13.7. The van der Waals surface area contributed by atoms with Crippen LogP contribution in [0.3, 0.4) is 0 Å². The molecule has 3 nitrogen and oxygen atoms in total. The first kappa shape index (κ1) is 26.9. The summed E-state index contributed by atoms with van der Waals surface area (Å²) in [6, 6.07) is 50.8. The molecule has 0 amide bonds. The largest absolute Gasteiger partial charge is 0.310 e. The van der Waals surface area contributed by atoms with E-state index < -0.39 is 0 Å². The van der Waals surface area contributed by atoms with Gasteiger partial charge >= 0.3 is 0 Å². The first-order valence-electron chi connectivity index (χ1n) is 16.2. The summed E-state index contributed by atoms with van der Waals surface area (Å²) in [6.45, 7) is 9.26. The van der Waals surface area contributed by atoms with Crippen LogP contribution < -0.4 is 4.90 Å². The molecule has 0 spiro atoms. The summed E-state index contributed by atoms with van der Waals surface area (Å²) in [7, 11) is 0. The molecule has 0 N–H and O–H groups in total. The van der Waals surface area contributed by atoms with Crippen LogP contribution in [0.15, 0.2) is 140 Å². The Morgan fingerprint density at radius 2 is 1.20 bits per heavy atom. The highest BCUT2D eigenvalue weighted by atomic mass is 15.2. The molecule has 0 unspecified atom stereocenters. The summed E-state index contributed by atoms with van der Waals surface area (Å²) in [6.07, 6.45) is 0. The SMILES string of the molecule is CC1(C)c2ccccc2-c2c(N(c3ccc(-c4ccccc4)cc3)c3ccc4c(c3)nc3n4-c4ccccc4C3(C)C)cccc21. The van der Waals surface area contributed by atoms with Crippen LogP contribution in [0.1, 0.15) is 50.2 Å².